The Balaban J connectivity index is 1.63. The lowest BCUT2D eigenvalue weighted by Gasteiger charge is -2.30. The number of carbonyl (C=O) groups is 4. The topological polar surface area (TPSA) is 96.0 Å². The van der Waals surface area contributed by atoms with Crippen molar-refractivity contribution in [1.82, 2.24) is 15.1 Å². The van der Waals surface area contributed by atoms with Crippen LogP contribution in [0, 0.1) is 5.41 Å². The highest BCUT2D eigenvalue weighted by Crippen LogP contribution is 2.34. The van der Waals surface area contributed by atoms with Crippen molar-refractivity contribution in [2.24, 2.45) is 5.41 Å². The van der Waals surface area contributed by atoms with Gasteiger partial charge in [0.15, 0.2) is 0 Å². The second kappa shape index (κ2) is 6.89. The molecule has 0 aromatic carbocycles. The van der Waals surface area contributed by atoms with Crippen LogP contribution >= 0.6 is 0 Å². The number of urea groups is 1. The molecule has 1 atom stereocenters. The highest BCUT2D eigenvalue weighted by molar-refractivity contribution is 6.09. The Hall–Kier alpha value is -2.12. The monoisotopic (exact) mass is 365 g/mol. The SMILES string of the molecule is CCOC(=O)[C@]1(C)CCN(C(=O)CN2C(=O)NC3(CCCCC3)C2=O)C1. The predicted octanol–water partition coefficient (Wildman–Crippen LogP) is 1.04. The van der Waals surface area contributed by atoms with E-state index in [4.69, 9.17) is 4.74 Å². The molecule has 1 N–H and O–H groups in total. The number of ether oxygens (including phenoxy) is 1. The number of hydrogen-bond acceptors (Lipinski definition) is 5. The number of likely N-dealkylation sites (tertiary alicyclic amines) is 1. The van der Waals surface area contributed by atoms with Gasteiger partial charge in [-0.05, 0) is 33.1 Å². The maximum Gasteiger partial charge on any atom is 0.325 e. The summed E-state index contributed by atoms with van der Waals surface area (Å²) in [7, 11) is 0. The van der Waals surface area contributed by atoms with Gasteiger partial charge in [0.1, 0.15) is 12.1 Å². The number of nitrogens with zero attached hydrogens (tertiary/aromatic N) is 2. The van der Waals surface area contributed by atoms with Crippen molar-refractivity contribution >= 4 is 23.8 Å². The molecule has 1 aliphatic carbocycles. The fraction of sp³-hybridized carbons (Fsp3) is 0.778. The fourth-order valence-corrected chi connectivity index (χ4v) is 4.20. The van der Waals surface area contributed by atoms with Gasteiger partial charge in [-0.25, -0.2) is 4.79 Å². The van der Waals surface area contributed by atoms with Crippen LogP contribution in [0.3, 0.4) is 0 Å². The van der Waals surface area contributed by atoms with Crippen molar-refractivity contribution < 1.29 is 23.9 Å². The number of imide groups is 1. The van der Waals surface area contributed by atoms with Gasteiger partial charge in [-0.15, -0.1) is 0 Å². The normalized spacial score (nSPS) is 27.8. The van der Waals surface area contributed by atoms with Crippen molar-refractivity contribution in [3.8, 4) is 0 Å². The second-order valence-corrected chi connectivity index (χ2v) is 7.81. The minimum atomic E-state index is -0.819. The molecule has 3 rings (SSSR count). The van der Waals surface area contributed by atoms with Crippen LogP contribution in [0.15, 0.2) is 0 Å². The Morgan fingerprint density at radius 1 is 1.15 bits per heavy atom. The molecule has 2 heterocycles. The lowest BCUT2D eigenvalue weighted by atomic mass is 9.82. The molecule has 1 saturated carbocycles. The van der Waals surface area contributed by atoms with Gasteiger partial charge in [-0.3, -0.25) is 19.3 Å². The fourth-order valence-electron chi connectivity index (χ4n) is 4.20. The summed E-state index contributed by atoms with van der Waals surface area (Å²) in [6.07, 6.45) is 4.64. The van der Waals surface area contributed by atoms with Crippen LogP contribution in [0.1, 0.15) is 52.4 Å². The van der Waals surface area contributed by atoms with Gasteiger partial charge in [0.2, 0.25) is 5.91 Å². The predicted molar refractivity (Wildman–Crippen MR) is 92.0 cm³/mol. The molecule has 2 aliphatic heterocycles. The van der Waals surface area contributed by atoms with Gasteiger partial charge >= 0.3 is 12.0 Å². The number of nitrogens with one attached hydrogen (secondary N) is 1. The maximum atomic E-state index is 12.8. The molecular weight excluding hydrogens is 338 g/mol. The van der Waals surface area contributed by atoms with Crippen molar-refractivity contribution in [3.63, 3.8) is 0 Å². The molecule has 2 saturated heterocycles. The first kappa shape index (κ1) is 18.7. The van der Waals surface area contributed by atoms with Gasteiger partial charge in [0.25, 0.3) is 5.91 Å². The zero-order valence-corrected chi connectivity index (χ0v) is 15.5. The van der Waals surface area contributed by atoms with Crippen LogP contribution in [-0.2, 0) is 19.1 Å². The van der Waals surface area contributed by atoms with E-state index in [1.54, 1.807) is 18.7 Å². The Bertz CT molecular complexity index is 628. The van der Waals surface area contributed by atoms with Crippen molar-refractivity contribution in [1.29, 1.82) is 0 Å². The summed E-state index contributed by atoms with van der Waals surface area (Å²) < 4.78 is 5.09. The van der Waals surface area contributed by atoms with E-state index < -0.39 is 17.0 Å². The Morgan fingerprint density at radius 2 is 1.85 bits per heavy atom. The molecule has 3 fully saturated rings. The number of hydrogen-bond donors (Lipinski definition) is 1. The van der Waals surface area contributed by atoms with Gasteiger partial charge in [-0.1, -0.05) is 19.3 Å². The molecule has 144 valence electrons. The summed E-state index contributed by atoms with van der Waals surface area (Å²) in [5.41, 5.74) is -1.55. The van der Waals surface area contributed by atoms with E-state index >= 15 is 0 Å². The summed E-state index contributed by atoms with van der Waals surface area (Å²) in [6, 6.07) is -0.488. The highest BCUT2D eigenvalue weighted by atomic mass is 16.5. The molecule has 0 aromatic rings. The minimum absolute atomic E-state index is 0.249. The van der Waals surface area contributed by atoms with E-state index in [-0.39, 0.29) is 30.9 Å². The van der Waals surface area contributed by atoms with Crippen LogP contribution in [0.4, 0.5) is 4.79 Å². The van der Waals surface area contributed by atoms with Crippen molar-refractivity contribution in [2.75, 3.05) is 26.2 Å². The molecule has 3 aliphatic rings. The summed E-state index contributed by atoms with van der Waals surface area (Å²) in [5.74, 6) is -0.913. The van der Waals surface area contributed by atoms with E-state index in [1.165, 1.54) is 0 Å². The van der Waals surface area contributed by atoms with Gasteiger partial charge in [0, 0.05) is 13.1 Å². The lowest BCUT2D eigenvalue weighted by Crippen LogP contribution is -2.49. The smallest absolute Gasteiger partial charge is 0.325 e. The molecule has 0 bridgehead atoms. The zero-order chi connectivity index (χ0) is 18.9. The molecule has 8 nitrogen and oxygen atoms in total. The van der Waals surface area contributed by atoms with Crippen molar-refractivity contribution in [3.05, 3.63) is 0 Å². The third kappa shape index (κ3) is 3.17. The van der Waals surface area contributed by atoms with E-state index in [1.807, 2.05) is 0 Å². The largest absolute Gasteiger partial charge is 0.466 e. The van der Waals surface area contributed by atoms with E-state index in [0.29, 0.717) is 32.4 Å². The van der Waals surface area contributed by atoms with E-state index in [2.05, 4.69) is 5.32 Å². The molecule has 4 amide bonds. The van der Waals surface area contributed by atoms with Crippen LogP contribution in [0.25, 0.3) is 0 Å². The standard InChI is InChI=1S/C18H27N3O5/c1-3-26-15(24)17(2)9-10-20(12-17)13(22)11-21-14(23)18(19-16(21)25)7-5-4-6-8-18/h3-12H2,1-2H3,(H,19,25)/t17-/m1/s1. The summed E-state index contributed by atoms with van der Waals surface area (Å²) >= 11 is 0. The molecule has 0 radical (unpaired) electrons. The van der Waals surface area contributed by atoms with Crippen LogP contribution in [-0.4, -0.2) is 65.4 Å². The van der Waals surface area contributed by atoms with Crippen molar-refractivity contribution in [2.45, 2.75) is 57.9 Å². The average Bonchev–Trinajstić information content (AvgIpc) is 3.12. The zero-order valence-electron chi connectivity index (χ0n) is 15.5. The molecular formula is C18H27N3O5. The number of esters is 1. The van der Waals surface area contributed by atoms with Gasteiger partial charge in [0.05, 0.1) is 12.0 Å². The number of carbonyl (C=O) groups excluding carboxylic acids is 4. The number of rotatable bonds is 4. The molecule has 0 unspecified atom stereocenters. The molecule has 0 aromatic heterocycles. The lowest BCUT2D eigenvalue weighted by molar-refractivity contribution is -0.154. The van der Waals surface area contributed by atoms with Gasteiger partial charge < -0.3 is 15.0 Å². The summed E-state index contributed by atoms with van der Waals surface area (Å²) in [4.78, 5) is 52.3. The van der Waals surface area contributed by atoms with E-state index in [9.17, 15) is 19.2 Å². The third-order valence-electron chi connectivity index (χ3n) is 5.84. The molecule has 26 heavy (non-hydrogen) atoms. The minimum Gasteiger partial charge on any atom is -0.466 e. The number of amides is 4. The molecule has 8 heteroatoms. The Kier molecular flexibility index (Phi) is 4.94. The maximum absolute atomic E-state index is 12.8. The first-order valence-electron chi connectivity index (χ1n) is 9.40. The third-order valence-corrected chi connectivity index (χ3v) is 5.84. The Morgan fingerprint density at radius 3 is 2.50 bits per heavy atom. The second-order valence-electron chi connectivity index (χ2n) is 7.81. The first-order valence-corrected chi connectivity index (χ1v) is 9.40. The van der Waals surface area contributed by atoms with Crippen LogP contribution in [0.2, 0.25) is 0 Å². The molecule has 1 spiro atoms. The summed E-state index contributed by atoms with van der Waals surface area (Å²) in [5, 5.41) is 2.81. The summed E-state index contributed by atoms with van der Waals surface area (Å²) in [6.45, 7) is 4.22. The first-order chi connectivity index (χ1) is 12.3. The average molecular weight is 365 g/mol. The highest BCUT2D eigenvalue weighted by Gasteiger charge is 2.52. The quantitative estimate of drug-likeness (QED) is 0.593. The van der Waals surface area contributed by atoms with E-state index in [0.717, 1.165) is 24.2 Å². The van der Waals surface area contributed by atoms with Crippen LogP contribution in [0.5, 0.6) is 0 Å². The Labute approximate surface area is 153 Å². The van der Waals surface area contributed by atoms with Gasteiger partial charge in [-0.2, -0.15) is 0 Å². The van der Waals surface area contributed by atoms with Crippen LogP contribution < -0.4 is 5.32 Å².